The number of hydrogen-bond donors (Lipinski definition) is 0. The summed E-state index contributed by atoms with van der Waals surface area (Å²) < 4.78 is 17.2. The Balaban J connectivity index is 1.44. The Morgan fingerprint density at radius 3 is 2.14 bits per heavy atom. The van der Waals surface area contributed by atoms with Gasteiger partial charge in [0.1, 0.15) is 11.7 Å². The van der Waals surface area contributed by atoms with Crippen molar-refractivity contribution in [2.24, 2.45) is 0 Å². The van der Waals surface area contributed by atoms with Crippen LogP contribution in [0, 0.1) is 0 Å². The molecular formula is C31H33NO4. The van der Waals surface area contributed by atoms with Gasteiger partial charge in [-0.1, -0.05) is 66.7 Å². The van der Waals surface area contributed by atoms with Gasteiger partial charge in [-0.3, -0.25) is 9.69 Å². The first kappa shape index (κ1) is 24.1. The molecule has 5 nitrogen and oxygen atoms in total. The molecule has 0 spiro atoms. The molecule has 2 unspecified atom stereocenters. The standard InChI is InChI=1S/C31H33NO4/c1-32-19-18-31(24-14-15-26(34-2)27(20-24)35-3)17-16-25(21-28(31)32)36-30(33)29(22-10-6-4-7-11-22)23-12-8-5-9-13-23/h4-15,20-21,28-29H,16-19H2,1-3H3. The smallest absolute Gasteiger partial charge is 0.322 e. The van der Waals surface area contributed by atoms with E-state index in [4.69, 9.17) is 14.2 Å². The van der Waals surface area contributed by atoms with E-state index in [9.17, 15) is 4.79 Å². The van der Waals surface area contributed by atoms with Crippen molar-refractivity contribution < 1.29 is 19.0 Å². The first-order valence-corrected chi connectivity index (χ1v) is 12.5. The van der Waals surface area contributed by atoms with Crippen LogP contribution in [0.4, 0.5) is 0 Å². The van der Waals surface area contributed by atoms with Crippen LogP contribution < -0.4 is 9.47 Å². The predicted molar refractivity (Wildman–Crippen MR) is 140 cm³/mol. The SMILES string of the molecule is COc1ccc(C23CCC(OC(=O)C(c4ccccc4)c4ccccc4)=CC2N(C)CC3)cc1OC. The molecule has 186 valence electrons. The number of hydrogen-bond acceptors (Lipinski definition) is 5. The average Bonchev–Trinajstić information content (AvgIpc) is 3.26. The number of allylic oxidation sites excluding steroid dienone is 1. The molecule has 2 aliphatic rings. The van der Waals surface area contributed by atoms with Gasteiger partial charge in [0.2, 0.25) is 0 Å². The summed E-state index contributed by atoms with van der Waals surface area (Å²) in [7, 11) is 5.47. The first-order chi connectivity index (χ1) is 17.6. The maximum atomic E-state index is 13.6. The van der Waals surface area contributed by atoms with Gasteiger partial charge in [0.05, 0.1) is 14.2 Å². The quantitative estimate of drug-likeness (QED) is 0.404. The Morgan fingerprint density at radius 1 is 0.889 bits per heavy atom. The molecule has 1 fully saturated rings. The zero-order valence-electron chi connectivity index (χ0n) is 21.1. The second-order valence-electron chi connectivity index (χ2n) is 9.71. The van der Waals surface area contributed by atoms with E-state index in [0.29, 0.717) is 6.42 Å². The third-order valence-corrected chi connectivity index (χ3v) is 7.80. The largest absolute Gasteiger partial charge is 0.493 e. The van der Waals surface area contributed by atoms with Crippen molar-refractivity contribution >= 4 is 5.97 Å². The van der Waals surface area contributed by atoms with Gasteiger partial charge in [-0.2, -0.15) is 0 Å². The highest BCUT2D eigenvalue weighted by molar-refractivity contribution is 5.83. The number of carbonyl (C=O) groups excluding carboxylic acids is 1. The fraction of sp³-hybridized carbons (Fsp3) is 0.323. The Hall–Kier alpha value is -3.57. The minimum Gasteiger partial charge on any atom is -0.493 e. The van der Waals surface area contributed by atoms with Crippen LogP contribution in [0.3, 0.4) is 0 Å². The molecule has 5 rings (SSSR count). The van der Waals surface area contributed by atoms with Crippen LogP contribution in [-0.2, 0) is 14.9 Å². The molecule has 3 aromatic rings. The number of nitrogens with zero attached hydrogens (tertiary/aromatic N) is 1. The molecule has 2 atom stereocenters. The van der Waals surface area contributed by atoms with Crippen LogP contribution in [0.1, 0.15) is 41.9 Å². The van der Waals surface area contributed by atoms with Gasteiger partial charge in [-0.15, -0.1) is 0 Å². The van der Waals surface area contributed by atoms with Crippen molar-refractivity contribution in [2.45, 2.75) is 36.6 Å². The van der Waals surface area contributed by atoms with Crippen molar-refractivity contribution in [3.05, 3.63) is 107 Å². The van der Waals surface area contributed by atoms with E-state index in [2.05, 4.69) is 30.2 Å². The van der Waals surface area contributed by atoms with Gasteiger partial charge < -0.3 is 14.2 Å². The van der Waals surface area contributed by atoms with E-state index in [1.54, 1.807) is 14.2 Å². The molecule has 0 bridgehead atoms. The number of ether oxygens (including phenoxy) is 3. The van der Waals surface area contributed by atoms with Gasteiger partial charge in [-0.05, 0) is 61.3 Å². The summed E-state index contributed by atoms with van der Waals surface area (Å²) in [5.74, 6) is 1.53. The molecule has 0 saturated carbocycles. The number of rotatable bonds is 7. The lowest BCUT2D eigenvalue weighted by atomic mass is 9.68. The molecule has 3 aromatic carbocycles. The molecule has 0 aromatic heterocycles. The van der Waals surface area contributed by atoms with E-state index in [1.165, 1.54) is 5.56 Å². The van der Waals surface area contributed by atoms with Crippen molar-refractivity contribution in [1.82, 2.24) is 4.90 Å². The zero-order chi connectivity index (χ0) is 25.1. The predicted octanol–water partition coefficient (Wildman–Crippen LogP) is 5.70. The maximum absolute atomic E-state index is 13.6. The Bertz CT molecular complexity index is 1200. The molecule has 1 aliphatic heterocycles. The fourth-order valence-corrected chi connectivity index (χ4v) is 5.88. The number of fused-ring (bicyclic) bond motifs is 1. The first-order valence-electron chi connectivity index (χ1n) is 12.5. The zero-order valence-corrected chi connectivity index (χ0v) is 21.1. The molecule has 0 N–H and O–H groups in total. The Morgan fingerprint density at radius 2 is 1.53 bits per heavy atom. The summed E-state index contributed by atoms with van der Waals surface area (Å²) in [6.07, 6.45) is 4.81. The minimum atomic E-state index is -0.466. The third-order valence-electron chi connectivity index (χ3n) is 7.80. The number of likely N-dealkylation sites (tertiary alicyclic amines) is 1. The number of likely N-dealkylation sites (N-methyl/N-ethyl adjacent to an activating group) is 1. The molecule has 0 radical (unpaired) electrons. The number of esters is 1. The average molecular weight is 484 g/mol. The number of methoxy groups -OCH3 is 2. The highest BCUT2D eigenvalue weighted by Gasteiger charge is 2.49. The van der Waals surface area contributed by atoms with Crippen molar-refractivity contribution in [2.75, 3.05) is 27.8 Å². The second kappa shape index (κ2) is 10.2. The number of benzene rings is 3. The molecule has 5 heteroatoms. The van der Waals surface area contributed by atoms with Crippen LogP contribution in [-0.4, -0.2) is 44.7 Å². The van der Waals surface area contributed by atoms with Gasteiger partial charge in [-0.25, -0.2) is 0 Å². The normalized spacial score (nSPS) is 21.6. The lowest BCUT2D eigenvalue weighted by Gasteiger charge is -2.40. The number of carbonyl (C=O) groups is 1. The topological polar surface area (TPSA) is 48.0 Å². The summed E-state index contributed by atoms with van der Waals surface area (Å²) in [6.45, 7) is 0.980. The molecule has 1 aliphatic carbocycles. The van der Waals surface area contributed by atoms with E-state index >= 15 is 0 Å². The molecule has 1 heterocycles. The summed E-state index contributed by atoms with van der Waals surface area (Å²) in [5, 5.41) is 0. The lowest BCUT2D eigenvalue weighted by molar-refractivity contribution is -0.140. The van der Waals surface area contributed by atoms with Crippen LogP contribution in [0.2, 0.25) is 0 Å². The van der Waals surface area contributed by atoms with Crippen molar-refractivity contribution in [3.8, 4) is 11.5 Å². The highest BCUT2D eigenvalue weighted by atomic mass is 16.5. The highest BCUT2D eigenvalue weighted by Crippen LogP contribution is 2.49. The summed E-state index contributed by atoms with van der Waals surface area (Å²) in [5.41, 5.74) is 3.05. The molecule has 1 saturated heterocycles. The van der Waals surface area contributed by atoms with E-state index in [0.717, 1.165) is 47.8 Å². The van der Waals surface area contributed by atoms with Crippen LogP contribution >= 0.6 is 0 Å². The molecule has 0 amide bonds. The molecular weight excluding hydrogens is 450 g/mol. The van der Waals surface area contributed by atoms with Gasteiger partial charge in [0.25, 0.3) is 0 Å². The Labute approximate surface area is 213 Å². The monoisotopic (exact) mass is 483 g/mol. The van der Waals surface area contributed by atoms with Crippen LogP contribution in [0.5, 0.6) is 11.5 Å². The maximum Gasteiger partial charge on any atom is 0.322 e. The lowest BCUT2D eigenvalue weighted by Crippen LogP contribution is -2.42. The van der Waals surface area contributed by atoms with Crippen LogP contribution in [0.25, 0.3) is 0 Å². The van der Waals surface area contributed by atoms with Gasteiger partial charge in [0.15, 0.2) is 11.5 Å². The summed E-state index contributed by atoms with van der Waals surface area (Å²) in [6, 6.07) is 26.1. The van der Waals surface area contributed by atoms with E-state index < -0.39 is 5.92 Å². The van der Waals surface area contributed by atoms with Crippen LogP contribution in [0.15, 0.2) is 90.7 Å². The fourth-order valence-electron chi connectivity index (χ4n) is 5.88. The minimum absolute atomic E-state index is 0.0531. The van der Waals surface area contributed by atoms with E-state index in [-0.39, 0.29) is 17.4 Å². The summed E-state index contributed by atoms with van der Waals surface area (Å²) in [4.78, 5) is 15.9. The van der Waals surface area contributed by atoms with Gasteiger partial charge in [0, 0.05) is 17.9 Å². The summed E-state index contributed by atoms with van der Waals surface area (Å²) >= 11 is 0. The third kappa shape index (κ3) is 4.40. The second-order valence-corrected chi connectivity index (χ2v) is 9.71. The molecule has 36 heavy (non-hydrogen) atoms. The Kier molecular flexibility index (Phi) is 6.84. The van der Waals surface area contributed by atoms with Crippen molar-refractivity contribution in [1.29, 1.82) is 0 Å². The van der Waals surface area contributed by atoms with E-state index in [1.807, 2.05) is 66.7 Å². The van der Waals surface area contributed by atoms with Gasteiger partial charge >= 0.3 is 5.97 Å². The van der Waals surface area contributed by atoms with Crippen molar-refractivity contribution in [3.63, 3.8) is 0 Å².